The number of aromatic nitrogens is 2. The predicted molar refractivity (Wildman–Crippen MR) is 91.9 cm³/mol. The van der Waals surface area contributed by atoms with Crippen molar-refractivity contribution < 1.29 is 4.79 Å². The second-order valence-electron chi connectivity index (χ2n) is 5.34. The third-order valence-corrected chi connectivity index (χ3v) is 3.67. The number of carbonyl (C=O) groups is 1. The van der Waals surface area contributed by atoms with Crippen molar-refractivity contribution in [3.8, 4) is 0 Å². The third kappa shape index (κ3) is 3.86. The first-order valence-electron chi connectivity index (χ1n) is 7.72. The number of imidazole rings is 1. The number of hydrogen-bond donors (Lipinski definition) is 1. The predicted octanol–water partition coefficient (Wildman–Crippen LogP) is 3.23. The summed E-state index contributed by atoms with van der Waals surface area (Å²) < 4.78 is 1.94. The standard InChI is InChI=1S/C19H19N3O/c1-2-15-6-8-16(9-7-15)10-11-19(23)20-13-17-14-22-12-4-3-5-18(22)21-17/h3-12,14H,2,13H2,1H3,(H,20,23)/b11-10+. The molecule has 0 radical (unpaired) electrons. The number of nitrogens with one attached hydrogen (secondary N) is 1. The molecule has 4 heteroatoms. The van der Waals surface area contributed by atoms with Gasteiger partial charge in [-0.15, -0.1) is 0 Å². The first-order chi connectivity index (χ1) is 11.2. The fraction of sp³-hybridized carbons (Fsp3) is 0.158. The van der Waals surface area contributed by atoms with E-state index in [9.17, 15) is 4.79 Å². The summed E-state index contributed by atoms with van der Waals surface area (Å²) in [7, 11) is 0. The van der Waals surface area contributed by atoms with E-state index in [4.69, 9.17) is 0 Å². The fourth-order valence-corrected chi connectivity index (χ4v) is 2.35. The molecule has 0 bridgehead atoms. The molecular formula is C19H19N3O. The van der Waals surface area contributed by atoms with Gasteiger partial charge in [0.2, 0.25) is 5.91 Å². The van der Waals surface area contributed by atoms with Gasteiger partial charge < -0.3 is 9.72 Å². The summed E-state index contributed by atoms with van der Waals surface area (Å²) in [5, 5.41) is 2.85. The van der Waals surface area contributed by atoms with Gasteiger partial charge in [0.05, 0.1) is 12.2 Å². The second kappa shape index (κ2) is 6.92. The monoisotopic (exact) mass is 305 g/mol. The van der Waals surface area contributed by atoms with Crippen LogP contribution in [0.2, 0.25) is 0 Å². The molecule has 0 aliphatic heterocycles. The molecule has 0 saturated carbocycles. The lowest BCUT2D eigenvalue weighted by molar-refractivity contribution is -0.116. The van der Waals surface area contributed by atoms with Crippen LogP contribution in [0, 0.1) is 0 Å². The molecule has 1 aromatic carbocycles. The molecule has 2 aromatic heterocycles. The summed E-state index contributed by atoms with van der Waals surface area (Å²) in [5.74, 6) is -0.123. The summed E-state index contributed by atoms with van der Waals surface area (Å²) in [6, 6.07) is 14.0. The van der Waals surface area contributed by atoms with Gasteiger partial charge in [0.1, 0.15) is 5.65 Å². The molecule has 0 unspecified atom stereocenters. The summed E-state index contributed by atoms with van der Waals surface area (Å²) in [5.41, 5.74) is 4.03. The van der Waals surface area contributed by atoms with E-state index in [0.29, 0.717) is 6.54 Å². The highest BCUT2D eigenvalue weighted by Crippen LogP contribution is 2.07. The Morgan fingerprint density at radius 2 is 2.04 bits per heavy atom. The van der Waals surface area contributed by atoms with Crippen molar-refractivity contribution in [2.24, 2.45) is 0 Å². The Kier molecular flexibility index (Phi) is 4.52. The second-order valence-corrected chi connectivity index (χ2v) is 5.34. The van der Waals surface area contributed by atoms with E-state index >= 15 is 0 Å². The average Bonchev–Trinajstić information content (AvgIpc) is 3.01. The molecule has 0 fully saturated rings. The van der Waals surface area contributed by atoms with Crippen LogP contribution in [0.4, 0.5) is 0 Å². The Balaban J connectivity index is 1.57. The number of aryl methyl sites for hydroxylation is 1. The average molecular weight is 305 g/mol. The minimum absolute atomic E-state index is 0.123. The zero-order chi connectivity index (χ0) is 16.1. The van der Waals surface area contributed by atoms with Crippen LogP contribution in [0.1, 0.15) is 23.7 Å². The number of pyridine rings is 1. The maximum Gasteiger partial charge on any atom is 0.244 e. The van der Waals surface area contributed by atoms with E-state index in [-0.39, 0.29) is 5.91 Å². The van der Waals surface area contributed by atoms with E-state index in [0.717, 1.165) is 23.3 Å². The Morgan fingerprint density at radius 3 is 2.78 bits per heavy atom. The van der Waals surface area contributed by atoms with Gasteiger partial charge in [0.25, 0.3) is 0 Å². The largest absolute Gasteiger partial charge is 0.347 e. The lowest BCUT2D eigenvalue weighted by Gasteiger charge is -1.99. The van der Waals surface area contributed by atoms with E-state index in [1.165, 1.54) is 5.56 Å². The fourth-order valence-electron chi connectivity index (χ4n) is 2.35. The first-order valence-corrected chi connectivity index (χ1v) is 7.72. The lowest BCUT2D eigenvalue weighted by Crippen LogP contribution is -2.20. The van der Waals surface area contributed by atoms with Gasteiger partial charge in [-0.1, -0.05) is 37.3 Å². The maximum atomic E-state index is 11.9. The van der Waals surface area contributed by atoms with Crippen molar-refractivity contribution in [2.45, 2.75) is 19.9 Å². The number of hydrogen-bond acceptors (Lipinski definition) is 2. The highest BCUT2D eigenvalue weighted by atomic mass is 16.1. The summed E-state index contributed by atoms with van der Waals surface area (Å²) in [6.45, 7) is 2.54. The van der Waals surface area contributed by atoms with E-state index < -0.39 is 0 Å². The van der Waals surface area contributed by atoms with Crippen molar-refractivity contribution in [3.63, 3.8) is 0 Å². The molecule has 0 saturated heterocycles. The molecule has 0 aliphatic carbocycles. The maximum absolute atomic E-state index is 11.9. The Bertz CT molecular complexity index is 798. The van der Waals surface area contributed by atoms with Crippen LogP contribution in [0.25, 0.3) is 11.7 Å². The molecule has 1 amide bonds. The van der Waals surface area contributed by atoms with Crippen molar-refractivity contribution in [2.75, 3.05) is 0 Å². The van der Waals surface area contributed by atoms with Crippen LogP contribution >= 0.6 is 0 Å². The molecule has 0 atom stereocenters. The molecule has 3 rings (SSSR count). The van der Waals surface area contributed by atoms with E-state index in [1.54, 1.807) is 6.08 Å². The van der Waals surface area contributed by atoms with E-state index in [2.05, 4.69) is 29.4 Å². The van der Waals surface area contributed by atoms with Crippen LogP contribution in [-0.4, -0.2) is 15.3 Å². The van der Waals surface area contributed by atoms with Gasteiger partial charge in [0, 0.05) is 18.5 Å². The van der Waals surface area contributed by atoms with Gasteiger partial charge in [-0.2, -0.15) is 0 Å². The quantitative estimate of drug-likeness (QED) is 0.736. The smallest absolute Gasteiger partial charge is 0.244 e. The molecule has 3 aromatic rings. The molecule has 4 nitrogen and oxygen atoms in total. The van der Waals surface area contributed by atoms with Crippen LogP contribution in [0.5, 0.6) is 0 Å². The van der Waals surface area contributed by atoms with Crippen LogP contribution in [0.3, 0.4) is 0 Å². The molecular weight excluding hydrogens is 286 g/mol. The molecule has 0 spiro atoms. The summed E-state index contributed by atoms with van der Waals surface area (Å²) in [4.78, 5) is 16.3. The molecule has 2 heterocycles. The van der Waals surface area contributed by atoms with Gasteiger partial charge in [-0.25, -0.2) is 4.98 Å². The number of carbonyl (C=O) groups excluding carboxylic acids is 1. The van der Waals surface area contributed by atoms with E-state index in [1.807, 2.05) is 53.2 Å². The van der Waals surface area contributed by atoms with Gasteiger partial charge >= 0.3 is 0 Å². The summed E-state index contributed by atoms with van der Waals surface area (Å²) in [6.07, 6.45) is 8.25. The number of rotatable bonds is 5. The molecule has 0 aliphatic rings. The van der Waals surface area contributed by atoms with Crippen molar-refractivity contribution >= 4 is 17.6 Å². The van der Waals surface area contributed by atoms with Crippen LogP contribution in [0.15, 0.2) is 60.9 Å². The minimum Gasteiger partial charge on any atom is -0.347 e. The molecule has 1 N–H and O–H groups in total. The Morgan fingerprint density at radius 1 is 1.22 bits per heavy atom. The van der Waals surface area contributed by atoms with Gasteiger partial charge in [-0.3, -0.25) is 4.79 Å². The number of benzene rings is 1. The minimum atomic E-state index is -0.123. The normalized spacial score (nSPS) is 11.2. The Labute approximate surface area is 135 Å². The van der Waals surface area contributed by atoms with Crippen molar-refractivity contribution in [1.29, 1.82) is 0 Å². The number of nitrogens with zero attached hydrogens (tertiary/aromatic N) is 2. The summed E-state index contributed by atoms with van der Waals surface area (Å²) >= 11 is 0. The van der Waals surface area contributed by atoms with Crippen LogP contribution in [-0.2, 0) is 17.8 Å². The zero-order valence-electron chi connectivity index (χ0n) is 13.1. The SMILES string of the molecule is CCc1ccc(/C=C/C(=O)NCc2cn3ccccc3n2)cc1. The van der Waals surface area contributed by atoms with Gasteiger partial charge in [-0.05, 0) is 35.8 Å². The van der Waals surface area contributed by atoms with Crippen molar-refractivity contribution in [3.05, 3.63) is 77.8 Å². The highest BCUT2D eigenvalue weighted by Gasteiger charge is 2.02. The number of amides is 1. The lowest BCUT2D eigenvalue weighted by atomic mass is 10.1. The highest BCUT2D eigenvalue weighted by molar-refractivity contribution is 5.91. The van der Waals surface area contributed by atoms with Crippen LogP contribution < -0.4 is 5.32 Å². The molecule has 116 valence electrons. The van der Waals surface area contributed by atoms with Crippen molar-refractivity contribution in [1.82, 2.24) is 14.7 Å². The number of fused-ring (bicyclic) bond motifs is 1. The van der Waals surface area contributed by atoms with Gasteiger partial charge in [0.15, 0.2) is 0 Å². The zero-order valence-corrected chi connectivity index (χ0v) is 13.1. The topological polar surface area (TPSA) is 46.4 Å². The third-order valence-electron chi connectivity index (χ3n) is 3.67. The Hall–Kier alpha value is -2.88. The molecule has 23 heavy (non-hydrogen) atoms. The first kappa shape index (κ1) is 15.0.